The molecule has 0 radical (unpaired) electrons. The molecule has 2 aliphatic heterocycles. The predicted octanol–water partition coefficient (Wildman–Crippen LogP) is 5.40. The van der Waals surface area contributed by atoms with Crippen molar-refractivity contribution < 1.29 is 14.3 Å². The van der Waals surface area contributed by atoms with Gasteiger partial charge in [-0.3, -0.25) is 19.0 Å². The third-order valence-corrected chi connectivity index (χ3v) is 9.96. The fourth-order valence-electron chi connectivity index (χ4n) is 7.29. The first-order valence-corrected chi connectivity index (χ1v) is 17.0. The van der Waals surface area contributed by atoms with Crippen molar-refractivity contribution in [1.29, 1.82) is 0 Å². The van der Waals surface area contributed by atoms with E-state index in [0.717, 1.165) is 69.8 Å². The fraction of sp³-hybridized carbons (Fsp3) is 0.378. The molecule has 0 unspecified atom stereocenters. The summed E-state index contributed by atoms with van der Waals surface area (Å²) in [6.45, 7) is 6.60. The van der Waals surface area contributed by atoms with Crippen molar-refractivity contribution in [2.75, 3.05) is 20.2 Å². The molecule has 5 heterocycles. The molecule has 0 spiro atoms. The summed E-state index contributed by atoms with van der Waals surface area (Å²) >= 11 is 0. The molecule has 0 bridgehead atoms. The van der Waals surface area contributed by atoms with Crippen LogP contribution in [0, 0.1) is 5.92 Å². The van der Waals surface area contributed by atoms with Crippen molar-refractivity contribution in [3.8, 4) is 16.9 Å². The van der Waals surface area contributed by atoms with Crippen molar-refractivity contribution in [2.45, 2.75) is 65.3 Å². The van der Waals surface area contributed by atoms with Crippen molar-refractivity contribution in [3.63, 3.8) is 0 Å². The number of hydrogen-bond acceptors (Lipinski definition) is 6. The maximum atomic E-state index is 14.2. The summed E-state index contributed by atoms with van der Waals surface area (Å²) in [6, 6.07) is 14.4. The number of carbonyl (C=O) groups is 2. The zero-order valence-electron chi connectivity index (χ0n) is 27.5. The molecule has 2 amide bonds. The SMILES string of the molecule is CCn1ncc2c1CN(C(=O)c1cc(-c3ccccc3OC)c3c(c1)cc(C1=CCCN(C(=O)CCn4ccnn4)C1)n3CC1CC1)C2. The Hall–Kier alpha value is -5.19. The standard InChI is InChI=1S/C37H40N8O3/c1-3-45-33-24-42(23-29(33)20-39-45)37(47)28-17-27-19-32(26-7-6-14-41(22-26)35(46)12-15-43-16-13-38-40-43)44(21-25-10-11-25)36(27)31(18-28)30-8-4-5-9-34(30)48-2/h4-5,7-9,13,16-20,25H,3,6,10-12,14-15,21-24H2,1-2H3. The Morgan fingerprint density at radius 3 is 2.69 bits per heavy atom. The highest BCUT2D eigenvalue weighted by Gasteiger charge is 2.31. The largest absolute Gasteiger partial charge is 0.496 e. The number of nitrogens with zero attached hydrogens (tertiary/aromatic N) is 8. The molecule has 1 aliphatic carbocycles. The molecule has 3 aromatic heterocycles. The number of hydrogen-bond donors (Lipinski definition) is 0. The molecule has 8 rings (SSSR count). The van der Waals surface area contributed by atoms with Gasteiger partial charge < -0.3 is 19.1 Å². The van der Waals surface area contributed by atoms with E-state index in [4.69, 9.17) is 4.74 Å². The predicted molar refractivity (Wildman–Crippen MR) is 182 cm³/mol. The Kier molecular flexibility index (Phi) is 7.82. The van der Waals surface area contributed by atoms with E-state index in [1.54, 1.807) is 24.2 Å². The van der Waals surface area contributed by atoms with Crippen LogP contribution >= 0.6 is 0 Å². The van der Waals surface area contributed by atoms with Crippen LogP contribution in [0.25, 0.3) is 27.6 Å². The molecule has 3 aliphatic rings. The van der Waals surface area contributed by atoms with Gasteiger partial charge >= 0.3 is 0 Å². The van der Waals surface area contributed by atoms with Gasteiger partial charge in [-0.15, -0.1) is 5.10 Å². The maximum absolute atomic E-state index is 14.2. The molecule has 48 heavy (non-hydrogen) atoms. The minimum atomic E-state index is 0.00410. The second kappa shape index (κ2) is 12.4. The zero-order chi connectivity index (χ0) is 32.8. The van der Waals surface area contributed by atoms with Crippen molar-refractivity contribution in [2.24, 2.45) is 5.92 Å². The molecule has 1 saturated carbocycles. The Morgan fingerprint density at radius 1 is 1.02 bits per heavy atom. The summed E-state index contributed by atoms with van der Waals surface area (Å²) < 4.78 is 12.0. The number of ether oxygens (including phenoxy) is 1. The van der Waals surface area contributed by atoms with Crippen LogP contribution in [0.2, 0.25) is 0 Å². The monoisotopic (exact) mass is 644 g/mol. The Bertz CT molecular complexity index is 2030. The highest BCUT2D eigenvalue weighted by Crippen LogP contribution is 2.42. The van der Waals surface area contributed by atoms with Crippen molar-refractivity contribution >= 4 is 28.3 Å². The van der Waals surface area contributed by atoms with E-state index in [1.807, 2.05) is 38.9 Å². The molecule has 0 saturated heterocycles. The summed E-state index contributed by atoms with van der Waals surface area (Å²) in [5.41, 5.74) is 8.16. The number of carbonyl (C=O) groups excluding carboxylic acids is 2. The van der Waals surface area contributed by atoms with Crippen LogP contribution in [-0.4, -0.2) is 71.2 Å². The molecular formula is C37H40N8O3. The van der Waals surface area contributed by atoms with E-state index in [1.165, 1.54) is 12.8 Å². The minimum absolute atomic E-state index is 0.00410. The molecule has 1 fully saturated rings. The number of para-hydroxylation sites is 1. The first-order chi connectivity index (χ1) is 23.5. The fourth-order valence-corrected chi connectivity index (χ4v) is 7.29. The van der Waals surface area contributed by atoms with Gasteiger partial charge in [-0.25, -0.2) is 0 Å². The van der Waals surface area contributed by atoms with E-state index in [2.05, 4.69) is 57.2 Å². The summed E-state index contributed by atoms with van der Waals surface area (Å²) in [7, 11) is 1.69. The average molecular weight is 645 g/mol. The number of aromatic nitrogens is 6. The highest BCUT2D eigenvalue weighted by atomic mass is 16.5. The van der Waals surface area contributed by atoms with Crippen LogP contribution in [-0.2, 0) is 37.5 Å². The van der Waals surface area contributed by atoms with E-state index in [9.17, 15) is 9.59 Å². The lowest BCUT2D eigenvalue weighted by Crippen LogP contribution is -2.36. The Labute approximate surface area is 279 Å². The lowest BCUT2D eigenvalue weighted by molar-refractivity contribution is -0.131. The second-order valence-corrected chi connectivity index (χ2v) is 13.1. The van der Waals surface area contributed by atoms with Gasteiger partial charge in [0.2, 0.25) is 5.91 Å². The van der Waals surface area contributed by atoms with Crippen LogP contribution in [0.4, 0.5) is 0 Å². The Morgan fingerprint density at radius 2 is 1.90 bits per heavy atom. The second-order valence-electron chi connectivity index (χ2n) is 13.1. The number of methoxy groups -OCH3 is 1. The molecule has 0 N–H and O–H groups in total. The van der Waals surface area contributed by atoms with Crippen LogP contribution in [0.15, 0.2) is 67.1 Å². The first kappa shape index (κ1) is 30.2. The molecule has 11 heteroatoms. The zero-order valence-corrected chi connectivity index (χ0v) is 27.5. The van der Waals surface area contributed by atoms with E-state index >= 15 is 0 Å². The number of aryl methyl sites for hydroxylation is 2. The number of rotatable bonds is 10. The van der Waals surface area contributed by atoms with Crippen molar-refractivity contribution in [1.82, 2.24) is 39.1 Å². The van der Waals surface area contributed by atoms with Crippen molar-refractivity contribution in [3.05, 3.63) is 89.6 Å². The van der Waals surface area contributed by atoms with Gasteiger partial charge in [0, 0.05) is 78.7 Å². The van der Waals surface area contributed by atoms with E-state index in [-0.39, 0.29) is 11.8 Å². The normalized spacial score (nSPS) is 16.0. The summed E-state index contributed by atoms with van der Waals surface area (Å²) in [6.07, 6.45) is 11.2. The minimum Gasteiger partial charge on any atom is -0.496 e. The number of fused-ring (bicyclic) bond motifs is 2. The van der Waals surface area contributed by atoms with E-state index < -0.39 is 0 Å². The van der Waals surface area contributed by atoms with Gasteiger partial charge in [-0.05, 0) is 61.9 Å². The molecule has 5 aromatic rings. The summed E-state index contributed by atoms with van der Waals surface area (Å²) in [4.78, 5) is 31.5. The third-order valence-electron chi connectivity index (χ3n) is 9.96. The average Bonchev–Trinajstić information content (AvgIpc) is 3.47. The number of benzene rings is 2. The van der Waals surface area contributed by atoms with Crippen LogP contribution in [0.3, 0.4) is 0 Å². The van der Waals surface area contributed by atoms with Crippen LogP contribution < -0.4 is 4.74 Å². The molecule has 246 valence electrons. The molecular weight excluding hydrogens is 604 g/mol. The summed E-state index contributed by atoms with van der Waals surface area (Å²) in [5, 5.41) is 13.4. The van der Waals surface area contributed by atoms with Crippen LogP contribution in [0.5, 0.6) is 5.75 Å². The highest BCUT2D eigenvalue weighted by molar-refractivity contribution is 6.06. The smallest absolute Gasteiger partial charge is 0.254 e. The Balaban J connectivity index is 1.19. The van der Waals surface area contributed by atoms with E-state index in [0.29, 0.717) is 50.6 Å². The van der Waals surface area contributed by atoms with Gasteiger partial charge in [-0.2, -0.15) is 5.10 Å². The first-order valence-electron chi connectivity index (χ1n) is 17.0. The number of amides is 2. The molecule has 11 nitrogen and oxygen atoms in total. The lowest BCUT2D eigenvalue weighted by atomic mass is 9.98. The van der Waals surface area contributed by atoms with Gasteiger partial charge in [0.25, 0.3) is 5.91 Å². The van der Waals surface area contributed by atoms with Gasteiger partial charge in [0.1, 0.15) is 5.75 Å². The van der Waals surface area contributed by atoms with Gasteiger partial charge in [0.05, 0.1) is 43.8 Å². The molecule has 0 atom stereocenters. The maximum Gasteiger partial charge on any atom is 0.254 e. The lowest BCUT2D eigenvalue weighted by Gasteiger charge is -2.28. The van der Waals surface area contributed by atoms with Gasteiger partial charge in [0.15, 0.2) is 0 Å². The molecule has 2 aromatic carbocycles. The third kappa shape index (κ3) is 5.56. The topological polar surface area (TPSA) is 103 Å². The van der Waals surface area contributed by atoms with Gasteiger partial charge in [-0.1, -0.05) is 29.5 Å². The quantitative estimate of drug-likeness (QED) is 0.202. The summed E-state index contributed by atoms with van der Waals surface area (Å²) in [5.74, 6) is 1.49. The van der Waals surface area contributed by atoms with Crippen LogP contribution in [0.1, 0.15) is 59.9 Å².